The van der Waals surface area contributed by atoms with Crippen LogP contribution in [-0.2, 0) is 14.3 Å². The first-order chi connectivity index (χ1) is 5.62. The van der Waals surface area contributed by atoms with E-state index in [1.165, 1.54) is 0 Å². The number of unbranched alkanes of at least 4 members (excludes halogenated alkanes) is 1. The van der Waals surface area contributed by atoms with Crippen molar-refractivity contribution in [3.63, 3.8) is 0 Å². The summed E-state index contributed by atoms with van der Waals surface area (Å²) in [6, 6.07) is 0. The fraction of sp³-hybridized carbons (Fsp3) is 1.00. The predicted octanol–water partition coefficient (Wildman–Crippen LogP) is -0.970. The van der Waals surface area contributed by atoms with E-state index in [-0.39, 0.29) is 18.9 Å². The Kier molecular flexibility index (Phi) is 6.27. The Morgan fingerprint density at radius 3 is 2.25 bits per heavy atom. The molecule has 0 radical (unpaired) electrons. The average molecular weight is 196 g/mol. The summed E-state index contributed by atoms with van der Waals surface area (Å²) in [5.74, 6) is -0.115. The highest BCUT2D eigenvalue weighted by Crippen LogP contribution is 1.95. The van der Waals surface area contributed by atoms with E-state index in [9.17, 15) is 8.42 Å². The molecule has 0 unspecified atom stereocenters. The molecule has 0 atom stereocenters. The minimum Gasteiger partial charge on any atom is -0.330 e. The minimum absolute atomic E-state index is 0.0965. The fourth-order valence-electron chi connectivity index (χ4n) is 0.636. The van der Waals surface area contributed by atoms with Gasteiger partial charge in [0.25, 0.3) is 10.1 Å². The van der Waals surface area contributed by atoms with Gasteiger partial charge in [0.15, 0.2) is 0 Å². The Balaban J connectivity index is 3.48. The van der Waals surface area contributed by atoms with Crippen LogP contribution in [0.1, 0.15) is 12.8 Å². The molecule has 0 aromatic carbocycles. The lowest BCUT2D eigenvalue weighted by atomic mass is 10.3. The Hall–Kier alpha value is -0.170. The lowest BCUT2D eigenvalue weighted by Crippen LogP contribution is -2.18. The van der Waals surface area contributed by atoms with Gasteiger partial charge in [-0.05, 0) is 19.4 Å². The molecule has 5 nitrogen and oxygen atoms in total. The van der Waals surface area contributed by atoms with E-state index in [0.717, 1.165) is 6.42 Å². The molecular weight excluding hydrogens is 180 g/mol. The molecule has 0 aromatic heterocycles. The maximum absolute atomic E-state index is 10.9. The van der Waals surface area contributed by atoms with Gasteiger partial charge in [-0.25, -0.2) is 0 Å². The maximum atomic E-state index is 10.9. The number of hydrogen-bond donors (Lipinski definition) is 2. The van der Waals surface area contributed by atoms with E-state index in [0.29, 0.717) is 13.0 Å². The molecule has 0 spiro atoms. The molecular formula is C6H16N2O3S. The first-order valence-corrected chi connectivity index (χ1v) is 5.47. The first kappa shape index (κ1) is 11.8. The Morgan fingerprint density at radius 1 is 1.08 bits per heavy atom. The molecule has 0 aromatic rings. The molecule has 0 heterocycles. The van der Waals surface area contributed by atoms with Crippen molar-refractivity contribution in [2.45, 2.75) is 12.8 Å². The lowest BCUT2D eigenvalue weighted by molar-refractivity contribution is 0.310. The third kappa shape index (κ3) is 6.53. The van der Waals surface area contributed by atoms with Crippen LogP contribution < -0.4 is 11.5 Å². The third-order valence-corrected chi connectivity index (χ3v) is 2.49. The second kappa shape index (κ2) is 6.36. The smallest absolute Gasteiger partial charge is 0.268 e. The van der Waals surface area contributed by atoms with Gasteiger partial charge in [0.2, 0.25) is 0 Å². The van der Waals surface area contributed by atoms with Crippen LogP contribution in [0.15, 0.2) is 0 Å². The van der Waals surface area contributed by atoms with Gasteiger partial charge in [-0.15, -0.1) is 0 Å². The van der Waals surface area contributed by atoms with Gasteiger partial charge in [0.05, 0.1) is 12.4 Å². The van der Waals surface area contributed by atoms with Gasteiger partial charge in [0, 0.05) is 6.54 Å². The van der Waals surface area contributed by atoms with E-state index in [1.807, 2.05) is 0 Å². The largest absolute Gasteiger partial charge is 0.330 e. The molecule has 0 rings (SSSR count). The van der Waals surface area contributed by atoms with Crippen LogP contribution in [0, 0.1) is 0 Å². The molecule has 0 saturated carbocycles. The summed E-state index contributed by atoms with van der Waals surface area (Å²) in [5.41, 5.74) is 10.3. The van der Waals surface area contributed by atoms with Crippen LogP contribution in [0.5, 0.6) is 0 Å². The van der Waals surface area contributed by atoms with Crippen molar-refractivity contribution in [3.05, 3.63) is 0 Å². The molecule has 12 heavy (non-hydrogen) atoms. The van der Waals surface area contributed by atoms with Gasteiger partial charge in [-0.3, -0.25) is 4.18 Å². The van der Waals surface area contributed by atoms with Crippen molar-refractivity contribution in [1.82, 2.24) is 0 Å². The van der Waals surface area contributed by atoms with Crippen molar-refractivity contribution >= 4 is 10.1 Å². The molecule has 74 valence electrons. The number of hydrogen-bond acceptors (Lipinski definition) is 5. The SMILES string of the molecule is NCCCCOS(=O)(=O)CCN. The van der Waals surface area contributed by atoms with Crippen LogP contribution in [0.2, 0.25) is 0 Å². The summed E-state index contributed by atoms with van der Waals surface area (Å²) in [7, 11) is -3.38. The third-order valence-electron chi connectivity index (χ3n) is 1.23. The van der Waals surface area contributed by atoms with Crippen molar-refractivity contribution in [2.75, 3.05) is 25.4 Å². The molecule has 6 heteroatoms. The second-order valence-electron chi connectivity index (χ2n) is 2.37. The quantitative estimate of drug-likeness (QED) is 0.403. The summed E-state index contributed by atoms with van der Waals surface area (Å²) in [5, 5.41) is 0. The highest BCUT2D eigenvalue weighted by Gasteiger charge is 2.08. The van der Waals surface area contributed by atoms with E-state index in [1.54, 1.807) is 0 Å². The highest BCUT2D eigenvalue weighted by molar-refractivity contribution is 7.86. The molecule has 0 amide bonds. The topological polar surface area (TPSA) is 95.4 Å². The van der Waals surface area contributed by atoms with Crippen molar-refractivity contribution < 1.29 is 12.6 Å². The Bertz CT molecular complexity index is 191. The van der Waals surface area contributed by atoms with E-state index in [2.05, 4.69) is 4.18 Å². The minimum atomic E-state index is -3.38. The van der Waals surface area contributed by atoms with Crippen molar-refractivity contribution in [2.24, 2.45) is 11.5 Å². The number of rotatable bonds is 7. The second-order valence-corrected chi connectivity index (χ2v) is 4.13. The van der Waals surface area contributed by atoms with E-state index >= 15 is 0 Å². The predicted molar refractivity (Wildman–Crippen MR) is 47.1 cm³/mol. The lowest BCUT2D eigenvalue weighted by Gasteiger charge is -2.02. The van der Waals surface area contributed by atoms with Gasteiger partial charge < -0.3 is 11.5 Å². The van der Waals surface area contributed by atoms with Crippen LogP contribution in [0.4, 0.5) is 0 Å². The monoisotopic (exact) mass is 196 g/mol. The van der Waals surface area contributed by atoms with E-state index < -0.39 is 10.1 Å². The van der Waals surface area contributed by atoms with Gasteiger partial charge in [0.1, 0.15) is 0 Å². The van der Waals surface area contributed by atoms with Crippen LogP contribution in [-0.4, -0.2) is 33.9 Å². The highest BCUT2D eigenvalue weighted by atomic mass is 32.2. The van der Waals surface area contributed by atoms with Gasteiger partial charge in [-0.1, -0.05) is 0 Å². The van der Waals surface area contributed by atoms with E-state index in [4.69, 9.17) is 11.5 Å². The Labute approximate surface area is 73.2 Å². The zero-order valence-corrected chi connectivity index (χ0v) is 7.85. The molecule has 4 N–H and O–H groups in total. The Morgan fingerprint density at radius 2 is 1.75 bits per heavy atom. The number of nitrogens with two attached hydrogens (primary N) is 2. The summed E-state index contributed by atoms with van der Waals surface area (Å²) < 4.78 is 26.3. The van der Waals surface area contributed by atoms with Gasteiger partial charge in [-0.2, -0.15) is 8.42 Å². The summed E-state index contributed by atoms with van der Waals surface area (Å²) in [6.45, 7) is 0.860. The summed E-state index contributed by atoms with van der Waals surface area (Å²) >= 11 is 0. The molecule has 0 aliphatic heterocycles. The van der Waals surface area contributed by atoms with Crippen LogP contribution >= 0.6 is 0 Å². The molecule has 0 aliphatic rings. The maximum Gasteiger partial charge on any atom is 0.268 e. The zero-order valence-electron chi connectivity index (χ0n) is 7.03. The summed E-state index contributed by atoms with van der Waals surface area (Å²) in [4.78, 5) is 0. The standard InChI is InChI=1S/C6H16N2O3S/c7-3-1-2-5-11-12(9,10)6-4-8/h1-8H2. The van der Waals surface area contributed by atoms with Crippen molar-refractivity contribution in [3.8, 4) is 0 Å². The first-order valence-electron chi connectivity index (χ1n) is 3.89. The average Bonchev–Trinajstić information content (AvgIpc) is 1.98. The normalized spacial score (nSPS) is 11.8. The molecule has 0 saturated heterocycles. The van der Waals surface area contributed by atoms with Gasteiger partial charge >= 0.3 is 0 Å². The molecule has 0 fully saturated rings. The summed E-state index contributed by atoms with van der Waals surface area (Å²) in [6.07, 6.45) is 1.44. The van der Waals surface area contributed by atoms with Crippen LogP contribution in [0.3, 0.4) is 0 Å². The molecule has 0 aliphatic carbocycles. The zero-order chi connectivity index (χ0) is 9.45. The molecule has 0 bridgehead atoms. The fourth-order valence-corrected chi connectivity index (χ4v) is 1.41. The van der Waals surface area contributed by atoms with Crippen LogP contribution in [0.25, 0.3) is 0 Å². The van der Waals surface area contributed by atoms with Crippen molar-refractivity contribution in [1.29, 1.82) is 0 Å².